The van der Waals surface area contributed by atoms with Gasteiger partial charge in [0.2, 0.25) is 11.6 Å². The molecule has 4 heterocycles. The van der Waals surface area contributed by atoms with E-state index in [1.807, 2.05) is 48.5 Å². The Kier molecular flexibility index (Phi) is 16.2. The molecule has 0 radical (unpaired) electrons. The summed E-state index contributed by atoms with van der Waals surface area (Å²) in [4.78, 5) is 42.7. The minimum absolute atomic E-state index is 0.0188. The van der Waals surface area contributed by atoms with E-state index in [-0.39, 0.29) is 34.2 Å². The smallest absolute Gasteiger partial charge is 0.280 e. The molecule has 1 amide bonds. The maximum Gasteiger partial charge on any atom is 0.280 e. The predicted octanol–water partition coefficient (Wildman–Crippen LogP) is 10.1. The monoisotopic (exact) mass is 1030 g/mol. The van der Waals surface area contributed by atoms with Crippen molar-refractivity contribution in [1.82, 2.24) is 25.3 Å². The molecule has 0 spiro atoms. The lowest BCUT2D eigenvalue weighted by Crippen LogP contribution is -2.28. The summed E-state index contributed by atoms with van der Waals surface area (Å²) in [7, 11) is -4.03. The quantitative estimate of drug-likeness (QED) is 0.0259. The van der Waals surface area contributed by atoms with Gasteiger partial charge in [-0.15, -0.1) is 0 Å². The molecule has 9 rings (SSSR count). The standard InChI is InChI=1S/C59H65N9O6S/c1-4-5-10-35-68-51-19-9-7-17-49(51)59(2,3)52(68)31-25-42-16-13-15-41(24-28-47-37-44-14-6-8-18-50(44)67(47)34-11-12-36-75(71,72)73)54(42)74-48-29-20-40(21-30-48)32-33-61-56(69)43-22-26-45(27-23-43)62-38-46-39-63-55-53(64-46)57(70)66-58(60)65-55/h6-9,14,17-31,39H,4-5,10-13,15-16,32-38H2,1-3H3,(H5-,60,61,62,63,65,66,69,70,71,72,73)/p+1. The molecule has 0 unspecified atom stereocenters. The first-order chi connectivity index (χ1) is 36.2. The zero-order chi connectivity index (χ0) is 52.5. The number of anilines is 3. The molecule has 0 bridgehead atoms. The Hall–Kier alpha value is -7.69. The largest absolute Gasteiger partial charge is 0.457 e. The summed E-state index contributed by atoms with van der Waals surface area (Å²) < 4.78 is 41.9. The van der Waals surface area contributed by atoms with Crippen molar-refractivity contribution in [2.24, 2.45) is 0 Å². The SMILES string of the molecule is CCCCC[N+]1=C(/C=C/C2=C(Oc3ccc(CCNC(=O)c4ccc(NCc5cnc6nc(N)[nH]c(=O)c6n5)cc4)cc3)C(=C/C=C3\Cc4ccccc4N3CCCCS(=O)(=O)O)/CCC2)C(C)(C)c2ccccc21. The fourth-order valence-electron chi connectivity index (χ4n) is 10.2. The van der Waals surface area contributed by atoms with E-state index in [2.05, 4.69) is 122 Å². The number of para-hydroxylation sites is 2. The van der Waals surface area contributed by atoms with Crippen LogP contribution in [0.25, 0.3) is 11.2 Å². The minimum Gasteiger partial charge on any atom is -0.457 e. The molecule has 4 aromatic carbocycles. The lowest BCUT2D eigenvalue weighted by Gasteiger charge is -2.23. The van der Waals surface area contributed by atoms with E-state index in [0.717, 1.165) is 90.4 Å². The lowest BCUT2D eigenvalue weighted by molar-refractivity contribution is -0.438. The van der Waals surface area contributed by atoms with Crippen molar-refractivity contribution >= 4 is 55.9 Å². The zero-order valence-corrected chi connectivity index (χ0v) is 43.8. The van der Waals surface area contributed by atoms with Crippen LogP contribution in [0.2, 0.25) is 0 Å². The maximum absolute atomic E-state index is 13.2. The lowest BCUT2D eigenvalue weighted by atomic mass is 9.81. The number of nitrogen functional groups attached to an aromatic ring is 1. The van der Waals surface area contributed by atoms with Gasteiger partial charge in [-0.1, -0.05) is 68.0 Å². The maximum atomic E-state index is 13.2. The molecule has 2 aromatic heterocycles. The number of nitrogens with two attached hydrogens (primary N) is 1. The average molecular weight is 1030 g/mol. The number of allylic oxidation sites excluding steroid dienone is 7. The molecule has 1 aliphatic carbocycles. The molecule has 0 atom stereocenters. The van der Waals surface area contributed by atoms with Gasteiger partial charge in [0.25, 0.3) is 21.6 Å². The molecular formula is C59H66N9O6S+. The van der Waals surface area contributed by atoms with Gasteiger partial charge in [0, 0.05) is 66.3 Å². The Labute approximate surface area is 438 Å². The van der Waals surface area contributed by atoms with Gasteiger partial charge in [-0.2, -0.15) is 18.0 Å². The molecule has 6 aromatic rings. The van der Waals surface area contributed by atoms with Crippen molar-refractivity contribution in [3.8, 4) is 5.75 Å². The van der Waals surface area contributed by atoms with Crippen molar-refractivity contribution in [2.45, 2.75) is 96.9 Å². The molecule has 6 N–H and O–H groups in total. The van der Waals surface area contributed by atoms with Gasteiger partial charge in [-0.25, -0.2) is 9.97 Å². The Balaban J connectivity index is 0.908. The van der Waals surface area contributed by atoms with E-state index in [9.17, 15) is 22.6 Å². The number of amides is 1. The van der Waals surface area contributed by atoms with Crippen LogP contribution in [0.1, 0.15) is 105 Å². The average Bonchev–Trinajstić information content (AvgIpc) is 3.86. The third-order valence-electron chi connectivity index (χ3n) is 14.2. The summed E-state index contributed by atoms with van der Waals surface area (Å²) >= 11 is 0. The number of nitrogens with zero attached hydrogens (tertiary/aromatic N) is 5. The van der Waals surface area contributed by atoms with Gasteiger partial charge < -0.3 is 26.0 Å². The van der Waals surface area contributed by atoms with E-state index in [0.29, 0.717) is 50.2 Å². The highest BCUT2D eigenvalue weighted by molar-refractivity contribution is 7.85. The van der Waals surface area contributed by atoms with Crippen molar-refractivity contribution in [1.29, 1.82) is 0 Å². The number of aromatic amines is 1. The molecule has 16 heteroatoms. The van der Waals surface area contributed by atoms with E-state index in [4.69, 9.17) is 10.5 Å². The summed E-state index contributed by atoms with van der Waals surface area (Å²) in [5.41, 5.74) is 17.8. The predicted molar refractivity (Wildman–Crippen MR) is 297 cm³/mol. The fourth-order valence-corrected chi connectivity index (χ4v) is 10.8. The highest BCUT2D eigenvalue weighted by Gasteiger charge is 2.44. The van der Waals surface area contributed by atoms with E-state index < -0.39 is 15.7 Å². The Morgan fingerprint density at radius 3 is 2.52 bits per heavy atom. The number of H-pyrrole nitrogens is 1. The van der Waals surface area contributed by atoms with E-state index >= 15 is 0 Å². The van der Waals surface area contributed by atoms with E-state index in [1.54, 1.807) is 12.1 Å². The molecule has 75 heavy (non-hydrogen) atoms. The van der Waals surface area contributed by atoms with Gasteiger partial charge in [0.1, 0.15) is 18.1 Å². The third kappa shape index (κ3) is 12.6. The number of nitrogens with one attached hydrogen (secondary N) is 3. The van der Waals surface area contributed by atoms with Crippen LogP contribution in [0, 0.1) is 0 Å². The molecular weight excluding hydrogens is 963 g/mol. The minimum atomic E-state index is -4.03. The van der Waals surface area contributed by atoms with Gasteiger partial charge in [0.05, 0.1) is 29.6 Å². The van der Waals surface area contributed by atoms with Crippen molar-refractivity contribution < 1.29 is 27.1 Å². The molecule has 0 saturated carbocycles. The molecule has 388 valence electrons. The first-order valence-electron chi connectivity index (χ1n) is 26.0. The van der Waals surface area contributed by atoms with Gasteiger partial charge in [-0.3, -0.25) is 19.1 Å². The first kappa shape index (κ1) is 52.2. The van der Waals surface area contributed by atoms with Crippen molar-refractivity contribution in [2.75, 3.05) is 41.3 Å². The van der Waals surface area contributed by atoms with Crippen LogP contribution >= 0.6 is 0 Å². The number of benzene rings is 4. The van der Waals surface area contributed by atoms with Crippen LogP contribution in [0.3, 0.4) is 0 Å². The number of carbonyl (C=O) groups is 1. The molecule has 15 nitrogen and oxygen atoms in total. The third-order valence-corrected chi connectivity index (χ3v) is 15.0. The first-order valence-corrected chi connectivity index (χ1v) is 27.6. The van der Waals surface area contributed by atoms with Crippen LogP contribution in [0.15, 0.2) is 155 Å². The number of aromatic nitrogens is 4. The second-order valence-electron chi connectivity index (χ2n) is 19.9. The van der Waals surface area contributed by atoms with Crippen LogP contribution < -0.4 is 31.6 Å². The fraction of sp³-hybridized carbons (Fsp3) is 0.322. The zero-order valence-electron chi connectivity index (χ0n) is 42.9. The Morgan fingerprint density at radius 2 is 1.72 bits per heavy atom. The van der Waals surface area contributed by atoms with Crippen molar-refractivity contribution in [3.63, 3.8) is 0 Å². The van der Waals surface area contributed by atoms with Crippen LogP contribution in [0.4, 0.5) is 23.0 Å². The molecule has 3 aliphatic rings. The second-order valence-corrected chi connectivity index (χ2v) is 21.5. The normalized spacial score (nSPS) is 16.3. The number of rotatable bonds is 21. The highest BCUT2D eigenvalue weighted by Crippen LogP contribution is 2.41. The Bertz CT molecular complexity index is 3410. The summed E-state index contributed by atoms with van der Waals surface area (Å²) in [6.45, 7) is 9.22. The number of ether oxygens (including phenoxy) is 1. The van der Waals surface area contributed by atoms with Gasteiger partial charge in [-0.05, 0) is 136 Å². The number of hydrogen-bond donors (Lipinski definition) is 5. The second kappa shape index (κ2) is 23.2. The van der Waals surface area contributed by atoms with Gasteiger partial charge >= 0.3 is 0 Å². The summed E-state index contributed by atoms with van der Waals surface area (Å²) in [5, 5.41) is 6.30. The van der Waals surface area contributed by atoms with Crippen LogP contribution in [0.5, 0.6) is 5.75 Å². The number of hydrogen-bond acceptors (Lipinski definition) is 11. The number of fused-ring (bicyclic) bond motifs is 3. The summed E-state index contributed by atoms with van der Waals surface area (Å²) in [6, 6.07) is 32.3. The van der Waals surface area contributed by atoms with E-state index in [1.165, 1.54) is 35.1 Å². The summed E-state index contributed by atoms with van der Waals surface area (Å²) in [6.07, 6.45) is 19.0. The Morgan fingerprint density at radius 1 is 0.933 bits per heavy atom. The number of unbranched alkanes of at least 4 members (excludes halogenated alkanes) is 3. The van der Waals surface area contributed by atoms with Crippen molar-refractivity contribution in [3.05, 3.63) is 188 Å². The van der Waals surface area contributed by atoms with Crippen LogP contribution in [-0.2, 0) is 34.9 Å². The van der Waals surface area contributed by atoms with Gasteiger partial charge in [0.15, 0.2) is 16.9 Å². The molecule has 0 fully saturated rings. The topological polar surface area (TPSA) is 209 Å². The molecule has 0 saturated heterocycles. The highest BCUT2D eigenvalue weighted by atomic mass is 32.2. The summed E-state index contributed by atoms with van der Waals surface area (Å²) in [5.74, 6) is 1.11. The molecule has 2 aliphatic heterocycles. The number of carbonyl (C=O) groups excluding carboxylic acids is 1. The van der Waals surface area contributed by atoms with Crippen LogP contribution in [-0.4, -0.2) is 74.5 Å².